The molecule has 0 bridgehead atoms. The van der Waals surface area contributed by atoms with Crippen LogP contribution in [0.2, 0.25) is 0 Å². The smallest absolute Gasteiger partial charge is 0.409 e. The number of benzene rings is 1. The number of amides is 1. The second-order valence-electron chi connectivity index (χ2n) is 3.84. The first-order valence-electron chi connectivity index (χ1n) is 5.64. The number of pyridine rings is 1. The number of carbonyl (C=O) groups is 1. The number of rotatable bonds is 1. The molecule has 5 nitrogen and oxygen atoms in total. The van der Waals surface area contributed by atoms with Gasteiger partial charge in [0.05, 0.1) is 23.5 Å². The topological polar surface area (TPSA) is 86.0 Å². The highest BCUT2D eigenvalue weighted by atomic mass is 16.4. The molecule has 0 saturated heterocycles. The van der Waals surface area contributed by atoms with Crippen molar-refractivity contribution >= 4 is 11.8 Å². The maximum absolute atomic E-state index is 10.5. The predicted molar refractivity (Wildman–Crippen MR) is 73.0 cm³/mol. The number of anilines is 1. The summed E-state index contributed by atoms with van der Waals surface area (Å²) in [6, 6.07) is 10.6. The second kappa shape index (κ2) is 6.03. The number of aromatic nitrogens is 1. The Kier molecular flexibility index (Phi) is 3.96. The van der Waals surface area contributed by atoms with Gasteiger partial charge in [0.15, 0.2) is 0 Å². The summed E-state index contributed by atoms with van der Waals surface area (Å²) in [5.41, 5.74) is 2.19. The molecule has 2 N–H and O–H groups in total. The lowest BCUT2D eigenvalue weighted by Gasteiger charge is -1.99. The molecule has 0 atom stereocenters. The van der Waals surface area contributed by atoms with E-state index >= 15 is 0 Å². The van der Waals surface area contributed by atoms with Gasteiger partial charge in [0.25, 0.3) is 0 Å². The summed E-state index contributed by atoms with van der Waals surface area (Å²) in [5.74, 6) is 5.77. The lowest BCUT2D eigenvalue weighted by atomic mass is 10.1. The number of nitrogens with zero attached hydrogens (tertiary/aromatic N) is 2. The van der Waals surface area contributed by atoms with Gasteiger partial charge in [0.2, 0.25) is 0 Å². The summed E-state index contributed by atoms with van der Waals surface area (Å²) in [6.45, 7) is 0. The average Bonchev–Trinajstić information content (AvgIpc) is 2.45. The summed E-state index contributed by atoms with van der Waals surface area (Å²) in [7, 11) is 0. The maximum atomic E-state index is 10.5. The van der Waals surface area contributed by atoms with Gasteiger partial charge in [-0.15, -0.1) is 0 Å². The third-order valence-corrected chi connectivity index (χ3v) is 2.33. The zero-order valence-corrected chi connectivity index (χ0v) is 10.3. The molecule has 2 aromatic rings. The van der Waals surface area contributed by atoms with Crippen LogP contribution in [0, 0.1) is 23.2 Å². The van der Waals surface area contributed by atoms with Crippen LogP contribution in [0.15, 0.2) is 42.7 Å². The number of nitriles is 1. The van der Waals surface area contributed by atoms with E-state index in [1.54, 1.807) is 30.3 Å². The molecule has 0 saturated carbocycles. The SMILES string of the molecule is N#Cc1cccc(C#Cc2cncc(NC(=O)O)c2)c1. The van der Waals surface area contributed by atoms with Crippen molar-refractivity contribution in [3.63, 3.8) is 0 Å². The van der Waals surface area contributed by atoms with Crippen LogP contribution >= 0.6 is 0 Å². The van der Waals surface area contributed by atoms with E-state index in [1.807, 2.05) is 6.07 Å². The third-order valence-electron chi connectivity index (χ3n) is 2.33. The van der Waals surface area contributed by atoms with Gasteiger partial charge < -0.3 is 5.11 Å². The normalized spacial score (nSPS) is 8.95. The van der Waals surface area contributed by atoms with Crippen molar-refractivity contribution in [3.8, 4) is 17.9 Å². The van der Waals surface area contributed by atoms with Crippen molar-refractivity contribution in [1.29, 1.82) is 5.26 Å². The van der Waals surface area contributed by atoms with Gasteiger partial charge in [-0.05, 0) is 24.3 Å². The van der Waals surface area contributed by atoms with Crippen LogP contribution in [-0.2, 0) is 0 Å². The van der Waals surface area contributed by atoms with Gasteiger partial charge >= 0.3 is 6.09 Å². The zero-order chi connectivity index (χ0) is 14.4. The summed E-state index contributed by atoms with van der Waals surface area (Å²) in [6.07, 6.45) is 1.78. The predicted octanol–water partition coefficient (Wildman–Crippen LogP) is 2.44. The second-order valence-corrected chi connectivity index (χ2v) is 3.84. The Bertz CT molecular complexity index is 751. The van der Waals surface area contributed by atoms with Crippen LogP contribution in [0.5, 0.6) is 0 Å². The Hall–Kier alpha value is -3.31. The summed E-state index contributed by atoms with van der Waals surface area (Å²) in [4.78, 5) is 14.4. The Balaban J connectivity index is 2.24. The van der Waals surface area contributed by atoms with E-state index in [2.05, 4.69) is 22.1 Å². The molecule has 0 aliphatic rings. The molecule has 96 valence electrons. The van der Waals surface area contributed by atoms with E-state index < -0.39 is 6.09 Å². The number of hydrogen-bond donors (Lipinski definition) is 2. The van der Waals surface area contributed by atoms with Crippen molar-refractivity contribution in [2.24, 2.45) is 0 Å². The minimum absolute atomic E-state index is 0.357. The van der Waals surface area contributed by atoms with Gasteiger partial charge in [0.1, 0.15) is 0 Å². The lowest BCUT2D eigenvalue weighted by molar-refractivity contribution is 0.209. The molecule has 1 aromatic heterocycles. The molecule has 5 heteroatoms. The van der Waals surface area contributed by atoms with Crippen molar-refractivity contribution < 1.29 is 9.90 Å². The van der Waals surface area contributed by atoms with Gasteiger partial charge in [-0.1, -0.05) is 17.9 Å². The Morgan fingerprint density at radius 2 is 1.90 bits per heavy atom. The van der Waals surface area contributed by atoms with Crippen LogP contribution in [0.3, 0.4) is 0 Å². The fraction of sp³-hybridized carbons (Fsp3) is 0. The molecule has 0 unspecified atom stereocenters. The fourth-order valence-corrected chi connectivity index (χ4v) is 1.51. The highest BCUT2D eigenvalue weighted by molar-refractivity contribution is 5.82. The summed E-state index contributed by atoms with van der Waals surface area (Å²) >= 11 is 0. The van der Waals surface area contributed by atoms with Crippen molar-refractivity contribution in [2.45, 2.75) is 0 Å². The fourth-order valence-electron chi connectivity index (χ4n) is 1.51. The minimum atomic E-state index is -1.15. The maximum Gasteiger partial charge on any atom is 0.409 e. The van der Waals surface area contributed by atoms with Gasteiger partial charge in [-0.3, -0.25) is 10.3 Å². The van der Waals surface area contributed by atoms with Crippen LogP contribution < -0.4 is 5.32 Å². The highest BCUT2D eigenvalue weighted by Gasteiger charge is 1.98. The molecular weight excluding hydrogens is 254 g/mol. The van der Waals surface area contributed by atoms with Gasteiger partial charge in [0, 0.05) is 17.3 Å². The monoisotopic (exact) mass is 263 g/mol. The third kappa shape index (κ3) is 3.59. The number of nitrogens with one attached hydrogen (secondary N) is 1. The van der Waals surface area contributed by atoms with E-state index in [-0.39, 0.29) is 0 Å². The average molecular weight is 263 g/mol. The summed E-state index contributed by atoms with van der Waals surface area (Å²) < 4.78 is 0. The van der Waals surface area contributed by atoms with E-state index in [0.717, 1.165) is 0 Å². The molecule has 20 heavy (non-hydrogen) atoms. The van der Waals surface area contributed by atoms with Crippen LogP contribution in [-0.4, -0.2) is 16.2 Å². The molecule has 0 spiro atoms. The zero-order valence-electron chi connectivity index (χ0n) is 10.3. The Morgan fingerprint density at radius 3 is 2.65 bits per heavy atom. The summed E-state index contributed by atoms with van der Waals surface area (Å²) in [5, 5.41) is 19.6. The van der Waals surface area contributed by atoms with Crippen molar-refractivity contribution in [3.05, 3.63) is 59.4 Å². The first-order chi connectivity index (χ1) is 9.67. The number of carboxylic acid groups (broad SMARTS) is 1. The van der Waals surface area contributed by atoms with Gasteiger partial charge in [-0.25, -0.2) is 4.79 Å². The van der Waals surface area contributed by atoms with E-state index in [9.17, 15) is 4.79 Å². The standard InChI is InChI=1S/C15H9N3O2/c16-8-12-3-1-2-11(6-12)4-5-13-7-14(10-17-9-13)18-15(19)20/h1-3,6-7,9-10,18H,(H,19,20). The minimum Gasteiger partial charge on any atom is -0.465 e. The molecular formula is C15H9N3O2. The molecule has 0 aliphatic carbocycles. The van der Waals surface area contributed by atoms with E-state index in [0.29, 0.717) is 22.4 Å². The molecule has 0 radical (unpaired) electrons. The van der Waals surface area contributed by atoms with Crippen LogP contribution in [0.4, 0.5) is 10.5 Å². The Morgan fingerprint density at radius 1 is 1.15 bits per heavy atom. The van der Waals surface area contributed by atoms with Crippen molar-refractivity contribution in [1.82, 2.24) is 4.98 Å². The molecule has 2 rings (SSSR count). The Labute approximate surface area is 115 Å². The molecule has 0 aliphatic heterocycles. The largest absolute Gasteiger partial charge is 0.465 e. The highest BCUT2D eigenvalue weighted by Crippen LogP contribution is 2.08. The molecule has 1 aromatic carbocycles. The van der Waals surface area contributed by atoms with Crippen LogP contribution in [0.1, 0.15) is 16.7 Å². The molecule has 1 heterocycles. The van der Waals surface area contributed by atoms with Gasteiger partial charge in [-0.2, -0.15) is 5.26 Å². The first-order valence-corrected chi connectivity index (χ1v) is 5.64. The van der Waals surface area contributed by atoms with E-state index in [4.69, 9.17) is 10.4 Å². The number of hydrogen-bond acceptors (Lipinski definition) is 3. The lowest BCUT2D eigenvalue weighted by Crippen LogP contribution is -2.07. The molecule has 0 fully saturated rings. The van der Waals surface area contributed by atoms with E-state index in [1.165, 1.54) is 12.4 Å². The quantitative estimate of drug-likeness (QED) is 0.774. The van der Waals surface area contributed by atoms with Crippen LogP contribution in [0.25, 0.3) is 0 Å². The first kappa shape index (κ1) is 13.1. The van der Waals surface area contributed by atoms with Crippen molar-refractivity contribution in [2.75, 3.05) is 5.32 Å². The molecule has 1 amide bonds.